The summed E-state index contributed by atoms with van der Waals surface area (Å²) in [6.07, 6.45) is -0.415. The highest BCUT2D eigenvalue weighted by atomic mass is 32.1. The van der Waals surface area contributed by atoms with E-state index in [-0.39, 0.29) is 6.10 Å². The lowest BCUT2D eigenvalue weighted by molar-refractivity contribution is -0.0284. The number of aliphatic hydroxyl groups excluding tert-OH is 1. The van der Waals surface area contributed by atoms with E-state index >= 15 is 0 Å². The summed E-state index contributed by atoms with van der Waals surface area (Å²) in [4.78, 5) is 6.78. The maximum absolute atomic E-state index is 9.43. The Morgan fingerprint density at radius 1 is 1.75 bits per heavy atom. The van der Waals surface area contributed by atoms with Crippen LogP contribution in [0, 0.1) is 0 Å². The van der Waals surface area contributed by atoms with Crippen LogP contribution in [0.3, 0.4) is 0 Å². The first-order valence-corrected chi connectivity index (χ1v) is 6.56. The molecule has 0 saturated carbocycles. The number of aliphatic hydroxyl groups is 1. The van der Waals surface area contributed by atoms with Crippen LogP contribution in [0.25, 0.3) is 0 Å². The van der Waals surface area contributed by atoms with Crippen LogP contribution in [-0.2, 0) is 4.74 Å². The van der Waals surface area contributed by atoms with Gasteiger partial charge in [-0.2, -0.15) is 0 Å². The van der Waals surface area contributed by atoms with Crippen LogP contribution in [-0.4, -0.2) is 41.2 Å². The predicted octanol–water partition coefficient (Wildman–Crippen LogP) is 1.59. The topological polar surface area (TPSA) is 45.6 Å². The number of likely N-dealkylation sites (N-methyl/N-ethyl adjacent to an activating group) is 1. The average molecular weight is 242 g/mol. The van der Waals surface area contributed by atoms with Gasteiger partial charge in [0.05, 0.1) is 18.4 Å². The number of aromatic nitrogens is 1. The van der Waals surface area contributed by atoms with Gasteiger partial charge in [0, 0.05) is 18.5 Å². The zero-order valence-electron chi connectivity index (χ0n) is 9.72. The van der Waals surface area contributed by atoms with Crippen molar-refractivity contribution in [2.45, 2.75) is 26.1 Å². The highest BCUT2D eigenvalue weighted by Crippen LogP contribution is 2.26. The molecule has 5 heteroatoms. The van der Waals surface area contributed by atoms with Gasteiger partial charge in [0.15, 0.2) is 0 Å². The molecule has 0 aromatic carbocycles. The summed E-state index contributed by atoms with van der Waals surface area (Å²) in [5, 5.41) is 12.3. The van der Waals surface area contributed by atoms with Crippen molar-refractivity contribution in [3.8, 4) is 0 Å². The Bertz CT molecular complexity index is 340. The number of thiazole rings is 1. The average Bonchev–Trinajstić information content (AvgIpc) is 2.78. The number of rotatable bonds is 3. The molecule has 0 amide bonds. The van der Waals surface area contributed by atoms with Gasteiger partial charge in [-0.1, -0.05) is 6.92 Å². The third-order valence-electron chi connectivity index (χ3n) is 2.84. The summed E-state index contributed by atoms with van der Waals surface area (Å²) < 4.78 is 5.71. The van der Waals surface area contributed by atoms with Crippen molar-refractivity contribution < 1.29 is 9.84 Å². The maximum Gasteiger partial charge on any atom is 0.123 e. The van der Waals surface area contributed by atoms with E-state index in [0.717, 1.165) is 36.9 Å². The van der Waals surface area contributed by atoms with Gasteiger partial charge in [0.1, 0.15) is 11.1 Å². The molecule has 0 bridgehead atoms. The lowest BCUT2D eigenvalue weighted by Gasteiger charge is -2.30. The van der Waals surface area contributed by atoms with Crippen LogP contribution in [0.5, 0.6) is 0 Å². The molecule has 1 fully saturated rings. The largest absolute Gasteiger partial charge is 0.387 e. The summed E-state index contributed by atoms with van der Waals surface area (Å²) >= 11 is 1.57. The number of hydrogen-bond donors (Lipinski definition) is 1. The Hall–Kier alpha value is -0.490. The maximum atomic E-state index is 9.43. The molecule has 0 aliphatic carbocycles. The van der Waals surface area contributed by atoms with Gasteiger partial charge in [-0.3, -0.25) is 4.90 Å². The third kappa shape index (κ3) is 2.60. The molecule has 1 N–H and O–H groups in total. The molecule has 0 spiro atoms. The smallest absolute Gasteiger partial charge is 0.123 e. The van der Waals surface area contributed by atoms with E-state index in [1.54, 1.807) is 18.3 Å². The molecule has 2 atom stereocenters. The fourth-order valence-corrected chi connectivity index (χ4v) is 2.72. The lowest BCUT2D eigenvalue weighted by atomic mass is 10.2. The van der Waals surface area contributed by atoms with Gasteiger partial charge >= 0.3 is 0 Å². The van der Waals surface area contributed by atoms with Gasteiger partial charge in [-0.25, -0.2) is 4.98 Å². The highest BCUT2D eigenvalue weighted by molar-refractivity contribution is 7.09. The molecule has 16 heavy (non-hydrogen) atoms. The van der Waals surface area contributed by atoms with E-state index < -0.39 is 6.10 Å². The molecule has 1 aliphatic heterocycles. The molecule has 1 aromatic heterocycles. The molecule has 4 nitrogen and oxygen atoms in total. The van der Waals surface area contributed by atoms with Crippen LogP contribution in [0.2, 0.25) is 0 Å². The molecule has 1 aliphatic rings. The molecule has 2 rings (SSSR count). The second-order valence-corrected chi connectivity index (χ2v) is 4.93. The summed E-state index contributed by atoms with van der Waals surface area (Å²) in [5.41, 5.74) is 0.747. The van der Waals surface area contributed by atoms with Crippen molar-refractivity contribution in [1.82, 2.24) is 9.88 Å². The second kappa shape index (κ2) is 5.23. The van der Waals surface area contributed by atoms with Crippen LogP contribution < -0.4 is 0 Å². The zero-order chi connectivity index (χ0) is 11.5. The monoisotopic (exact) mass is 242 g/mol. The number of morpholine rings is 1. The van der Waals surface area contributed by atoms with Crippen molar-refractivity contribution in [1.29, 1.82) is 0 Å². The Labute approximate surface area is 99.9 Å². The first kappa shape index (κ1) is 12.0. The van der Waals surface area contributed by atoms with E-state index in [0.29, 0.717) is 0 Å². The van der Waals surface area contributed by atoms with Gasteiger partial charge in [-0.05, 0) is 13.5 Å². The summed E-state index contributed by atoms with van der Waals surface area (Å²) in [6.45, 7) is 7.62. The highest BCUT2D eigenvalue weighted by Gasteiger charge is 2.23. The first-order valence-electron chi connectivity index (χ1n) is 5.68. The van der Waals surface area contributed by atoms with Crippen LogP contribution in [0.4, 0.5) is 0 Å². The summed E-state index contributed by atoms with van der Waals surface area (Å²) in [6, 6.07) is 0. The van der Waals surface area contributed by atoms with Gasteiger partial charge < -0.3 is 9.84 Å². The zero-order valence-corrected chi connectivity index (χ0v) is 10.5. The summed E-state index contributed by atoms with van der Waals surface area (Å²) in [5.74, 6) is 0. The molecule has 1 saturated heterocycles. The molecular formula is C11H18N2O2S. The Morgan fingerprint density at radius 3 is 3.19 bits per heavy atom. The van der Waals surface area contributed by atoms with Gasteiger partial charge in [0.25, 0.3) is 0 Å². The standard InChI is InChI=1S/C11H18N2O2S/c1-3-13-4-5-15-10(6-13)11-12-9(7-16-11)8(2)14/h7-8,10,14H,3-6H2,1-2H3. The number of nitrogens with zero attached hydrogens (tertiary/aromatic N) is 2. The minimum Gasteiger partial charge on any atom is -0.387 e. The Balaban J connectivity index is 2.05. The van der Waals surface area contributed by atoms with E-state index in [1.165, 1.54) is 0 Å². The first-order chi connectivity index (χ1) is 7.70. The molecule has 1 aromatic rings. The van der Waals surface area contributed by atoms with Crippen LogP contribution >= 0.6 is 11.3 Å². The van der Waals surface area contributed by atoms with Gasteiger partial charge in [0.2, 0.25) is 0 Å². The Morgan fingerprint density at radius 2 is 2.56 bits per heavy atom. The number of ether oxygens (including phenoxy) is 1. The number of hydrogen-bond acceptors (Lipinski definition) is 5. The fourth-order valence-electron chi connectivity index (χ4n) is 1.78. The SMILES string of the molecule is CCN1CCOC(c2nc(C(C)O)cs2)C1. The minimum atomic E-state index is -0.490. The van der Waals surface area contributed by atoms with Crippen LogP contribution in [0.1, 0.15) is 36.8 Å². The van der Waals surface area contributed by atoms with Crippen molar-refractivity contribution in [2.75, 3.05) is 26.2 Å². The van der Waals surface area contributed by atoms with Crippen molar-refractivity contribution in [2.24, 2.45) is 0 Å². The predicted molar refractivity (Wildman–Crippen MR) is 63.6 cm³/mol. The van der Waals surface area contributed by atoms with E-state index in [9.17, 15) is 5.11 Å². The lowest BCUT2D eigenvalue weighted by Crippen LogP contribution is -2.38. The quantitative estimate of drug-likeness (QED) is 0.874. The summed E-state index contributed by atoms with van der Waals surface area (Å²) in [7, 11) is 0. The fraction of sp³-hybridized carbons (Fsp3) is 0.727. The molecule has 2 unspecified atom stereocenters. The molecule has 2 heterocycles. The minimum absolute atomic E-state index is 0.0752. The van der Waals surface area contributed by atoms with E-state index in [4.69, 9.17) is 4.74 Å². The third-order valence-corrected chi connectivity index (χ3v) is 3.80. The van der Waals surface area contributed by atoms with E-state index in [1.807, 2.05) is 5.38 Å². The van der Waals surface area contributed by atoms with Crippen molar-refractivity contribution in [3.05, 3.63) is 16.1 Å². The Kier molecular flexibility index (Phi) is 3.91. The van der Waals surface area contributed by atoms with E-state index in [2.05, 4.69) is 16.8 Å². The normalized spacial score (nSPS) is 24.6. The molecule has 0 radical (unpaired) electrons. The second-order valence-electron chi connectivity index (χ2n) is 4.04. The van der Waals surface area contributed by atoms with Crippen molar-refractivity contribution in [3.63, 3.8) is 0 Å². The van der Waals surface area contributed by atoms with Gasteiger partial charge in [-0.15, -0.1) is 11.3 Å². The molecule has 90 valence electrons. The molecular weight excluding hydrogens is 224 g/mol. The van der Waals surface area contributed by atoms with Crippen LogP contribution in [0.15, 0.2) is 5.38 Å². The van der Waals surface area contributed by atoms with Crippen molar-refractivity contribution >= 4 is 11.3 Å².